The summed E-state index contributed by atoms with van der Waals surface area (Å²) >= 11 is 0. The van der Waals surface area contributed by atoms with E-state index in [1.807, 2.05) is 0 Å². The fourth-order valence-corrected chi connectivity index (χ4v) is 1.80. The Morgan fingerprint density at radius 1 is 1.19 bits per heavy atom. The second-order valence-electron chi connectivity index (χ2n) is 4.35. The molecule has 2 aromatic rings. The van der Waals surface area contributed by atoms with E-state index in [2.05, 4.69) is 15.3 Å². The van der Waals surface area contributed by atoms with Gasteiger partial charge in [0.1, 0.15) is 5.82 Å². The van der Waals surface area contributed by atoms with E-state index in [0.29, 0.717) is 28.5 Å². The van der Waals surface area contributed by atoms with Crippen LogP contribution in [0.4, 0.5) is 17.2 Å². The Hall–Kier alpha value is -3.16. The van der Waals surface area contributed by atoms with Crippen molar-refractivity contribution in [3.05, 3.63) is 41.3 Å². The number of amides is 2. The first-order chi connectivity index (χ1) is 9.88. The second-order valence-corrected chi connectivity index (χ2v) is 4.35. The first-order valence-corrected chi connectivity index (χ1v) is 5.98. The molecule has 0 fully saturated rings. The van der Waals surface area contributed by atoms with Crippen LogP contribution in [0.2, 0.25) is 0 Å². The molecule has 0 aromatic carbocycles. The van der Waals surface area contributed by atoms with Gasteiger partial charge in [0.2, 0.25) is 0 Å². The number of aryl methyl sites for hydroxylation is 1. The molecule has 0 aliphatic rings. The molecule has 0 aliphatic carbocycles. The first-order valence-electron chi connectivity index (χ1n) is 5.98. The SMILES string of the molecule is Cc1nc(Nc2cc(N)cnc2C(N)=O)ccc1C(N)=O. The van der Waals surface area contributed by atoms with Gasteiger partial charge >= 0.3 is 0 Å². The van der Waals surface area contributed by atoms with Crippen LogP contribution in [0.15, 0.2) is 24.4 Å². The number of carbonyl (C=O) groups is 2. The minimum absolute atomic E-state index is 0.0441. The zero-order chi connectivity index (χ0) is 15.6. The second kappa shape index (κ2) is 5.45. The van der Waals surface area contributed by atoms with Crippen LogP contribution in [-0.4, -0.2) is 21.8 Å². The van der Waals surface area contributed by atoms with Gasteiger partial charge in [0.25, 0.3) is 11.8 Å². The van der Waals surface area contributed by atoms with Crippen LogP contribution in [0, 0.1) is 6.92 Å². The topological polar surface area (TPSA) is 150 Å². The van der Waals surface area contributed by atoms with E-state index in [1.165, 1.54) is 18.3 Å². The maximum atomic E-state index is 11.3. The lowest BCUT2D eigenvalue weighted by atomic mass is 10.2. The zero-order valence-corrected chi connectivity index (χ0v) is 11.3. The summed E-state index contributed by atoms with van der Waals surface area (Å²) in [6.07, 6.45) is 1.33. The van der Waals surface area contributed by atoms with Crippen LogP contribution in [0.25, 0.3) is 0 Å². The van der Waals surface area contributed by atoms with Crippen molar-refractivity contribution in [2.45, 2.75) is 6.92 Å². The largest absolute Gasteiger partial charge is 0.397 e. The number of hydrogen-bond donors (Lipinski definition) is 4. The Morgan fingerprint density at radius 3 is 2.48 bits per heavy atom. The van der Waals surface area contributed by atoms with Crippen molar-refractivity contribution in [2.75, 3.05) is 11.1 Å². The van der Waals surface area contributed by atoms with E-state index >= 15 is 0 Å². The molecule has 0 spiro atoms. The van der Waals surface area contributed by atoms with Crippen molar-refractivity contribution in [3.63, 3.8) is 0 Å². The summed E-state index contributed by atoms with van der Waals surface area (Å²) in [4.78, 5) is 30.5. The summed E-state index contributed by atoms with van der Waals surface area (Å²) in [6.45, 7) is 1.65. The lowest BCUT2D eigenvalue weighted by molar-refractivity contribution is 0.0989. The highest BCUT2D eigenvalue weighted by molar-refractivity contribution is 5.97. The van der Waals surface area contributed by atoms with Crippen molar-refractivity contribution in [1.82, 2.24) is 9.97 Å². The predicted molar refractivity (Wildman–Crippen MR) is 77.9 cm³/mol. The number of hydrogen-bond acceptors (Lipinski definition) is 6. The van der Waals surface area contributed by atoms with Gasteiger partial charge in [-0.3, -0.25) is 9.59 Å². The van der Waals surface area contributed by atoms with Crippen LogP contribution in [0.3, 0.4) is 0 Å². The van der Waals surface area contributed by atoms with Gasteiger partial charge in [-0.05, 0) is 25.1 Å². The van der Waals surface area contributed by atoms with Crippen LogP contribution >= 0.6 is 0 Å². The number of pyridine rings is 2. The molecule has 0 radical (unpaired) electrons. The van der Waals surface area contributed by atoms with Crippen molar-refractivity contribution in [1.29, 1.82) is 0 Å². The molecular weight excluding hydrogens is 272 g/mol. The lowest BCUT2D eigenvalue weighted by Gasteiger charge is -2.11. The fraction of sp³-hybridized carbons (Fsp3) is 0.0769. The van der Waals surface area contributed by atoms with Gasteiger partial charge in [-0.2, -0.15) is 0 Å². The molecule has 21 heavy (non-hydrogen) atoms. The Kier molecular flexibility index (Phi) is 3.70. The predicted octanol–water partition coefficient (Wildman–Crippen LogP) is 0.309. The molecule has 0 aliphatic heterocycles. The number of primary amides is 2. The molecule has 0 bridgehead atoms. The van der Waals surface area contributed by atoms with E-state index in [0.717, 1.165) is 0 Å². The van der Waals surface area contributed by atoms with Gasteiger partial charge in [0, 0.05) is 0 Å². The summed E-state index contributed by atoms with van der Waals surface area (Å²) in [5.41, 5.74) is 17.6. The molecule has 8 heteroatoms. The highest BCUT2D eigenvalue weighted by Gasteiger charge is 2.12. The van der Waals surface area contributed by atoms with Crippen molar-refractivity contribution in [3.8, 4) is 0 Å². The van der Waals surface area contributed by atoms with Crippen molar-refractivity contribution in [2.24, 2.45) is 11.5 Å². The minimum atomic E-state index is -0.692. The van der Waals surface area contributed by atoms with Crippen LogP contribution in [-0.2, 0) is 0 Å². The molecule has 8 nitrogen and oxygen atoms in total. The number of nitrogens with one attached hydrogen (secondary N) is 1. The quantitative estimate of drug-likeness (QED) is 0.635. The van der Waals surface area contributed by atoms with Gasteiger partial charge < -0.3 is 22.5 Å². The summed E-state index contributed by atoms with van der Waals surface area (Å²) < 4.78 is 0. The third-order valence-electron chi connectivity index (χ3n) is 2.76. The highest BCUT2D eigenvalue weighted by atomic mass is 16.1. The number of nitrogens with two attached hydrogens (primary N) is 3. The number of carbonyl (C=O) groups excluding carboxylic acids is 2. The van der Waals surface area contributed by atoms with Crippen molar-refractivity contribution >= 4 is 29.0 Å². The van der Waals surface area contributed by atoms with Gasteiger partial charge in [-0.25, -0.2) is 9.97 Å². The smallest absolute Gasteiger partial charge is 0.269 e. The normalized spacial score (nSPS) is 10.1. The van der Waals surface area contributed by atoms with E-state index in [1.54, 1.807) is 13.0 Å². The molecule has 0 unspecified atom stereocenters. The molecule has 2 aromatic heterocycles. The average molecular weight is 286 g/mol. The third-order valence-corrected chi connectivity index (χ3v) is 2.76. The summed E-state index contributed by atoms with van der Waals surface area (Å²) in [5.74, 6) is -0.842. The molecule has 7 N–H and O–H groups in total. The molecule has 0 atom stereocenters. The maximum Gasteiger partial charge on any atom is 0.269 e. The van der Waals surface area contributed by atoms with Gasteiger partial charge in [-0.1, -0.05) is 0 Å². The Labute approximate surface area is 120 Å². The fourth-order valence-electron chi connectivity index (χ4n) is 1.80. The average Bonchev–Trinajstić information content (AvgIpc) is 2.37. The third kappa shape index (κ3) is 3.06. The minimum Gasteiger partial charge on any atom is -0.397 e. The Morgan fingerprint density at radius 2 is 1.90 bits per heavy atom. The van der Waals surface area contributed by atoms with E-state index < -0.39 is 11.8 Å². The summed E-state index contributed by atoms with van der Waals surface area (Å²) in [6, 6.07) is 4.61. The summed E-state index contributed by atoms with van der Waals surface area (Å²) in [7, 11) is 0. The molecule has 2 heterocycles. The van der Waals surface area contributed by atoms with E-state index in [4.69, 9.17) is 17.2 Å². The number of nitrogens with zero attached hydrogens (tertiary/aromatic N) is 2. The monoisotopic (exact) mass is 286 g/mol. The zero-order valence-electron chi connectivity index (χ0n) is 11.3. The Bertz CT molecular complexity index is 729. The van der Waals surface area contributed by atoms with Gasteiger partial charge in [0.05, 0.1) is 28.8 Å². The molecule has 2 amide bonds. The Balaban J connectivity index is 2.38. The maximum absolute atomic E-state index is 11.3. The molecule has 2 rings (SSSR count). The van der Waals surface area contributed by atoms with Crippen LogP contribution in [0.1, 0.15) is 26.5 Å². The molecule has 0 saturated carbocycles. The van der Waals surface area contributed by atoms with Gasteiger partial charge in [0.15, 0.2) is 5.69 Å². The molecular formula is C13H14N6O2. The number of nitrogen functional groups attached to an aromatic ring is 1. The standard InChI is InChI=1S/C13H14N6O2/c1-6-8(12(15)20)2-3-10(18-6)19-9-4-7(14)5-17-11(9)13(16)21/h2-5H,14H2,1H3,(H2,15,20)(H2,16,21)(H,18,19). The molecule has 108 valence electrons. The highest BCUT2D eigenvalue weighted by Crippen LogP contribution is 2.21. The van der Waals surface area contributed by atoms with Crippen molar-refractivity contribution < 1.29 is 9.59 Å². The number of aromatic nitrogens is 2. The number of rotatable bonds is 4. The summed E-state index contributed by atoms with van der Waals surface area (Å²) in [5, 5.41) is 2.90. The molecule has 0 saturated heterocycles. The van der Waals surface area contributed by atoms with E-state index in [9.17, 15) is 9.59 Å². The lowest BCUT2D eigenvalue weighted by Crippen LogP contribution is -2.16. The van der Waals surface area contributed by atoms with E-state index in [-0.39, 0.29) is 5.69 Å². The first kappa shape index (κ1) is 14.3. The van der Waals surface area contributed by atoms with Gasteiger partial charge in [-0.15, -0.1) is 0 Å². The van der Waals surface area contributed by atoms with Crippen LogP contribution in [0.5, 0.6) is 0 Å². The van der Waals surface area contributed by atoms with Crippen LogP contribution < -0.4 is 22.5 Å². The number of anilines is 3.